The second kappa shape index (κ2) is 6.39. The molecule has 0 aromatic carbocycles. The zero-order valence-electron chi connectivity index (χ0n) is 7.20. The highest BCUT2D eigenvalue weighted by Crippen LogP contribution is 1.94. The summed E-state index contributed by atoms with van der Waals surface area (Å²) in [4.78, 5) is 21.2. The van der Waals surface area contributed by atoms with E-state index in [0.29, 0.717) is 12.9 Å². The van der Waals surface area contributed by atoms with Gasteiger partial charge in [0.1, 0.15) is 11.8 Å². The van der Waals surface area contributed by atoms with Crippen LogP contribution < -0.4 is 0 Å². The lowest BCUT2D eigenvalue weighted by Crippen LogP contribution is -2.09. The molecule has 0 aliphatic rings. The first-order chi connectivity index (χ1) is 5.76. The molecule has 4 heteroatoms. The Balaban J connectivity index is 4.13. The number of aldehydes is 1. The summed E-state index contributed by atoms with van der Waals surface area (Å²) in [5.41, 5.74) is -0.0984. The normalized spacial score (nSPS) is 10.7. The first-order valence-corrected chi connectivity index (χ1v) is 3.70. The third-order valence-corrected chi connectivity index (χ3v) is 1.02. The molecule has 0 radical (unpaired) electrons. The predicted molar refractivity (Wildman–Crippen MR) is 42.4 cm³/mol. The van der Waals surface area contributed by atoms with Crippen LogP contribution in [0.25, 0.3) is 0 Å². The maximum atomic E-state index is 10.9. The zero-order valence-corrected chi connectivity index (χ0v) is 7.20. The molecular weight excluding hydrogens is 160 g/mol. The van der Waals surface area contributed by atoms with E-state index in [4.69, 9.17) is 4.74 Å². The standard InChI is InChI=1S/C8H12O4/c1-3-11-6-7(5-9)8(10)12-4-2/h5-6H,3-4H2,1-2H3/b7-6-. The van der Waals surface area contributed by atoms with E-state index in [0.717, 1.165) is 6.26 Å². The van der Waals surface area contributed by atoms with Gasteiger partial charge in [0.2, 0.25) is 0 Å². The van der Waals surface area contributed by atoms with E-state index >= 15 is 0 Å². The third kappa shape index (κ3) is 3.75. The number of esters is 1. The first kappa shape index (κ1) is 10.7. The molecular formula is C8H12O4. The van der Waals surface area contributed by atoms with Gasteiger partial charge in [-0.1, -0.05) is 0 Å². The van der Waals surface area contributed by atoms with E-state index < -0.39 is 5.97 Å². The molecule has 68 valence electrons. The van der Waals surface area contributed by atoms with Crippen LogP contribution in [0.5, 0.6) is 0 Å². The molecule has 0 aromatic heterocycles. The van der Waals surface area contributed by atoms with Gasteiger partial charge in [-0.2, -0.15) is 0 Å². The zero-order chi connectivity index (χ0) is 9.40. The Morgan fingerprint density at radius 2 is 2.00 bits per heavy atom. The monoisotopic (exact) mass is 172 g/mol. The van der Waals surface area contributed by atoms with Crippen LogP contribution in [0, 0.1) is 0 Å². The molecule has 0 saturated carbocycles. The molecule has 0 aliphatic heterocycles. The topological polar surface area (TPSA) is 52.6 Å². The van der Waals surface area contributed by atoms with Gasteiger partial charge in [-0.25, -0.2) is 4.79 Å². The van der Waals surface area contributed by atoms with Crippen molar-refractivity contribution >= 4 is 12.3 Å². The van der Waals surface area contributed by atoms with Crippen molar-refractivity contribution < 1.29 is 19.1 Å². The quantitative estimate of drug-likeness (QED) is 0.153. The van der Waals surface area contributed by atoms with Gasteiger partial charge in [0.05, 0.1) is 13.2 Å². The summed E-state index contributed by atoms with van der Waals surface area (Å²) in [6.45, 7) is 4.08. The fourth-order valence-electron chi connectivity index (χ4n) is 0.512. The van der Waals surface area contributed by atoms with Crippen molar-refractivity contribution in [2.24, 2.45) is 0 Å². The molecule has 0 saturated heterocycles. The third-order valence-electron chi connectivity index (χ3n) is 1.02. The van der Waals surface area contributed by atoms with Gasteiger partial charge in [-0.15, -0.1) is 0 Å². The fourth-order valence-corrected chi connectivity index (χ4v) is 0.512. The van der Waals surface area contributed by atoms with Crippen LogP contribution in [0.4, 0.5) is 0 Å². The summed E-state index contributed by atoms with van der Waals surface area (Å²) in [5, 5.41) is 0. The van der Waals surface area contributed by atoms with Crippen LogP contribution in [0.2, 0.25) is 0 Å². The Hall–Kier alpha value is -1.32. The molecule has 0 heterocycles. The molecule has 4 nitrogen and oxygen atoms in total. The number of carbonyl (C=O) groups is 2. The lowest BCUT2D eigenvalue weighted by molar-refractivity contribution is -0.139. The van der Waals surface area contributed by atoms with E-state index in [1.54, 1.807) is 13.8 Å². The molecule has 0 amide bonds. The van der Waals surface area contributed by atoms with Gasteiger partial charge in [0.25, 0.3) is 0 Å². The van der Waals surface area contributed by atoms with Gasteiger partial charge in [-0.3, -0.25) is 4.79 Å². The molecule has 0 atom stereocenters. The van der Waals surface area contributed by atoms with Gasteiger partial charge in [-0.05, 0) is 13.8 Å². The highest BCUT2D eigenvalue weighted by Gasteiger charge is 2.08. The maximum absolute atomic E-state index is 10.9. The molecule has 12 heavy (non-hydrogen) atoms. The van der Waals surface area contributed by atoms with Crippen molar-refractivity contribution in [3.63, 3.8) is 0 Å². The first-order valence-electron chi connectivity index (χ1n) is 3.70. The number of carbonyl (C=O) groups excluding carboxylic acids is 2. The average Bonchev–Trinajstić information content (AvgIpc) is 2.06. The van der Waals surface area contributed by atoms with E-state index in [1.165, 1.54) is 0 Å². The summed E-state index contributed by atoms with van der Waals surface area (Å²) < 4.78 is 9.33. The highest BCUT2D eigenvalue weighted by atomic mass is 16.5. The second-order valence-corrected chi connectivity index (χ2v) is 1.87. The minimum atomic E-state index is -0.652. The summed E-state index contributed by atoms with van der Waals surface area (Å²) in [6.07, 6.45) is 1.51. The van der Waals surface area contributed by atoms with Crippen molar-refractivity contribution in [2.45, 2.75) is 13.8 Å². The average molecular weight is 172 g/mol. The van der Waals surface area contributed by atoms with Crippen LogP contribution in [0.15, 0.2) is 11.8 Å². The van der Waals surface area contributed by atoms with E-state index in [-0.39, 0.29) is 12.2 Å². The molecule has 0 N–H and O–H groups in total. The number of ether oxygens (including phenoxy) is 2. The largest absolute Gasteiger partial charge is 0.500 e. The van der Waals surface area contributed by atoms with E-state index in [2.05, 4.69) is 4.74 Å². The Kier molecular flexibility index (Phi) is 5.69. The van der Waals surface area contributed by atoms with Crippen molar-refractivity contribution in [3.8, 4) is 0 Å². The highest BCUT2D eigenvalue weighted by molar-refractivity contribution is 6.07. The number of rotatable bonds is 5. The summed E-state index contributed by atoms with van der Waals surface area (Å²) in [5.74, 6) is -0.652. The van der Waals surface area contributed by atoms with Crippen LogP contribution in [-0.2, 0) is 19.1 Å². The van der Waals surface area contributed by atoms with Crippen LogP contribution in [0.3, 0.4) is 0 Å². The van der Waals surface area contributed by atoms with Crippen LogP contribution >= 0.6 is 0 Å². The molecule has 0 fully saturated rings. The molecule has 0 aromatic rings. The molecule has 0 rings (SSSR count). The molecule has 0 spiro atoms. The Bertz CT molecular complexity index is 183. The smallest absolute Gasteiger partial charge is 0.344 e. The minimum Gasteiger partial charge on any atom is -0.500 e. The fraction of sp³-hybridized carbons (Fsp3) is 0.500. The van der Waals surface area contributed by atoms with Gasteiger partial charge >= 0.3 is 5.97 Å². The summed E-state index contributed by atoms with van der Waals surface area (Å²) >= 11 is 0. The Labute approximate surface area is 71.2 Å². The Morgan fingerprint density at radius 1 is 1.33 bits per heavy atom. The predicted octanol–water partition coefficient (Wildman–Crippen LogP) is 0.669. The molecule has 0 bridgehead atoms. The second-order valence-electron chi connectivity index (χ2n) is 1.87. The minimum absolute atomic E-state index is 0.0984. The molecule has 0 aliphatic carbocycles. The van der Waals surface area contributed by atoms with Gasteiger partial charge < -0.3 is 9.47 Å². The van der Waals surface area contributed by atoms with Crippen molar-refractivity contribution in [1.82, 2.24) is 0 Å². The molecule has 0 unspecified atom stereocenters. The lowest BCUT2D eigenvalue weighted by Gasteiger charge is -2.00. The van der Waals surface area contributed by atoms with E-state index in [1.807, 2.05) is 0 Å². The van der Waals surface area contributed by atoms with Gasteiger partial charge in [0, 0.05) is 0 Å². The Morgan fingerprint density at radius 3 is 2.42 bits per heavy atom. The van der Waals surface area contributed by atoms with Crippen molar-refractivity contribution in [2.75, 3.05) is 13.2 Å². The van der Waals surface area contributed by atoms with Gasteiger partial charge in [0.15, 0.2) is 6.29 Å². The van der Waals surface area contributed by atoms with Crippen molar-refractivity contribution in [3.05, 3.63) is 11.8 Å². The van der Waals surface area contributed by atoms with E-state index in [9.17, 15) is 9.59 Å². The SMILES string of the molecule is CCO/C=C(/C=O)C(=O)OCC. The van der Waals surface area contributed by atoms with Crippen LogP contribution in [0.1, 0.15) is 13.8 Å². The summed E-state index contributed by atoms with van der Waals surface area (Å²) in [6, 6.07) is 0. The number of hydrogen-bond donors (Lipinski definition) is 0. The number of hydrogen-bond acceptors (Lipinski definition) is 4. The van der Waals surface area contributed by atoms with Crippen molar-refractivity contribution in [1.29, 1.82) is 0 Å². The lowest BCUT2D eigenvalue weighted by atomic mass is 10.3. The summed E-state index contributed by atoms with van der Waals surface area (Å²) in [7, 11) is 0. The van der Waals surface area contributed by atoms with Crippen LogP contribution in [-0.4, -0.2) is 25.5 Å². The maximum Gasteiger partial charge on any atom is 0.344 e.